The van der Waals surface area contributed by atoms with Crippen molar-refractivity contribution in [2.75, 3.05) is 0 Å². The number of para-hydroxylation sites is 1. The summed E-state index contributed by atoms with van der Waals surface area (Å²) in [5, 5.41) is 1.08. The zero-order valence-electron chi connectivity index (χ0n) is 9.01. The van der Waals surface area contributed by atoms with E-state index in [1.54, 1.807) is 18.2 Å². The van der Waals surface area contributed by atoms with Crippen LogP contribution in [0.2, 0.25) is 10.0 Å². The van der Waals surface area contributed by atoms with Crippen LogP contribution >= 0.6 is 23.2 Å². The van der Waals surface area contributed by atoms with Gasteiger partial charge in [0.1, 0.15) is 5.69 Å². The molecule has 0 bridgehead atoms. The first kappa shape index (κ1) is 12.3. The molecule has 0 aliphatic rings. The summed E-state index contributed by atoms with van der Waals surface area (Å²) in [6.45, 7) is 6.22. The second kappa shape index (κ2) is 4.85. The molecule has 1 aromatic rings. The van der Waals surface area contributed by atoms with Crippen molar-refractivity contribution in [1.82, 2.24) is 0 Å². The predicted molar refractivity (Wildman–Crippen MR) is 67.6 cm³/mol. The summed E-state index contributed by atoms with van der Waals surface area (Å²) in [4.78, 5) is 4.12. The Kier molecular flexibility index (Phi) is 3.98. The van der Waals surface area contributed by atoms with Crippen LogP contribution in [0.25, 0.3) is 0 Å². The van der Waals surface area contributed by atoms with Gasteiger partial charge in [0.05, 0.1) is 10.0 Å². The molecule has 0 aliphatic heterocycles. The highest BCUT2D eigenvalue weighted by molar-refractivity contribution is 6.38. The third kappa shape index (κ3) is 4.09. The van der Waals surface area contributed by atoms with Crippen molar-refractivity contribution in [3.8, 4) is 0 Å². The largest absolute Gasteiger partial charge is 0.203 e. The summed E-state index contributed by atoms with van der Waals surface area (Å²) in [5.41, 5.74) is 0.623. The van der Waals surface area contributed by atoms with E-state index in [4.69, 9.17) is 23.2 Å². The molecule has 1 nitrogen and oxygen atoms in total. The van der Waals surface area contributed by atoms with Gasteiger partial charge in [-0.05, 0) is 29.5 Å². The lowest BCUT2D eigenvalue weighted by atomic mass is 9.98. The summed E-state index contributed by atoms with van der Waals surface area (Å²) in [7, 11) is 0. The Morgan fingerprint density at radius 2 is 1.73 bits per heavy atom. The smallest absolute Gasteiger partial charge is 0.110 e. The topological polar surface area (TPSA) is 12.4 Å². The summed E-state index contributed by atoms with van der Waals surface area (Å²) in [5.74, 6) is 2.85. The maximum Gasteiger partial charge on any atom is 0.110 e. The third-order valence-electron chi connectivity index (χ3n) is 1.61. The van der Waals surface area contributed by atoms with Crippen LogP contribution in [0.15, 0.2) is 29.3 Å². The van der Waals surface area contributed by atoms with Gasteiger partial charge in [-0.15, -0.1) is 0 Å². The Hall–Kier alpha value is -0.750. The van der Waals surface area contributed by atoms with Crippen LogP contribution in [0.5, 0.6) is 0 Å². The van der Waals surface area contributed by atoms with E-state index in [1.165, 1.54) is 0 Å². The molecule has 0 fully saturated rings. The molecule has 0 atom stereocenters. The quantitative estimate of drug-likeness (QED) is 0.621. The van der Waals surface area contributed by atoms with Crippen LogP contribution in [0.1, 0.15) is 20.8 Å². The number of aliphatic imine (C=N–C) groups is 1. The van der Waals surface area contributed by atoms with Crippen LogP contribution < -0.4 is 0 Å². The van der Waals surface area contributed by atoms with Gasteiger partial charge >= 0.3 is 0 Å². The lowest BCUT2D eigenvalue weighted by molar-refractivity contribution is 0.549. The van der Waals surface area contributed by atoms with Crippen molar-refractivity contribution in [2.24, 2.45) is 10.4 Å². The van der Waals surface area contributed by atoms with Crippen molar-refractivity contribution >= 4 is 34.8 Å². The average Bonchev–Trinajstić information content (AvgIpc) is 2.08. The Bertz CT molecular complexity index is 390. The van der Waals surface area contributed by atoms with E-state index in [2.05, 4.69) is 31.6 Å². The molecule has 0 unspecified atom stereocenters. The molecule has 80 valence electrons. The maximum atomic E-state index is 5.95. The number of hydrogen-bond acceptors (Lipinski definition) is 1. The fourth-order valence-electron chi connectivity index (χ4n) is 0.886. The molecular formula is C12H13Cl2N. The highest BCUT2D eigenvalue weighted by Gasteiger charge is 2.04. The number of rotatable bonds is 1. The Morgan fingerprint density at radius 1 is 1.20 bits per heavy atom. The lowest BCUT2D eigenvalue weighted by Crippen LogP contribution is -1.98. The van der Waals surface area contributed by atoms with Gasteiger partial charge in [0.2, 0.25) is 0 Å². The molecule has 0 spiro atoms. The van der Waals surface area contributed by atoms with Gasteiger partial charge in [0, 0.05) is 0 Å². The molecule has 0 saturated heterocycles. The molecular weight excluding hydrogens is 229 g/mol. The zero-order chi connectivity index (χ0) is 11.5. The molecule has 0 amide bonds. The standard InChI is InChI=1S/C12H13Cl2N/c1-12(2,3)7-8-15-11-9(13)5-4-6-10(11)14/h4-7H,1-3H3. The zero-order valence-corrected chi connectivity index (χ0v) is 10.5. The van der Waals surface area contributed by atoms with Crippen LogP contribution in [0.4, 0.5) is 5.69 Å². The molecule has 0 heterocycles. The van der Waals surface area contributed by atoms with Gasteiger partial charge in [-0.25, -0.2) is 4.99 Å². The third-order valence-corrected chi connectivity index (χ3v) is 2.22. The van der Waals surface area contributed by atoms with Gasteiger partial charge in [-0.1, -0.05) is 50.0 Å². The van der Waals surface area contributed by atoms with Crippen molar-refractivity contribution in [1.29, 1.82) is 0 Å². The molecule has 15 heavy (non-hydrogen) atoms. The minimum atomic E-state index is 0.0528. The van der Waals surface area contributed by atoms with E-state index in [9.17, 15) is 0 Å². The second-order valence-electron chi connectivity index (χ2n) is 4.32. The van der Waals surface area contributed by atoms with Gasteiger partial charge in [-0.2, -0.15) is 0 Å². The average molecular weight is 242 g/mol. The first-order valence-corrected chi connectivity index (χ1v) is 5.40. The van der Waals surface area contributed by atoms with Crippen molar-refractivity contribution in [3.05, 3.63) is 34.3 Å². The molecule has 0 N–H and O–H groups in total. The van der Waals surface area contributed by atoms with E-state index in [0.717, 1.165) is 0 Å². The number of allylic oxidation sites excluding steroid dienone is 1. The normalized spacial score (nSPS) is 10.7. The Morgan fingerprint density at radius 3 is 2.20 bits per heavy atom. The van der Waals surface area contributed by atoms with Gasteiger partial charge in [-0.3, -0.25) is 0 Å². The van der Waals surface area contributed by atoms with Crippen LogP contribution in [-0.2, 0) is 0 Å². The molecule has 1 aromatic carbocycles. The highest BCUT2D eigenvalue weighted by Crippen LogP contribution is 2.32. The van der Waals surface area contributed by atoms with E-state index >= 15 is 0 Å². The molecule has 0 aliphatic carbocycles. The number of halogens is 2. The first-order valence-electron chi connectivity index (χ1n) is 4.65. The van der Waals surface area contributed by atoms with Gasteiger partial charge < -0.3 is 0 Å². The van der Waals surface area contributed by atoms with E-state index in [0.29, 0.717) is 15.7 Å². The molecule has 0 aromatic heterocycles. The number of benzene rings is 1. The van der Waals surface area contributed by atoms with Crippen molar-refractivity contribution in [3.63, 3.8) is 0 Å². The number of hydrogen-bond donors (Lipinski definition) is 0. The highest BCUT2D eigenvalue weighted by atomic mass is 35.5. The predicted octanol–water partition coefficient (Wildman–Crippen LogP) is 4.90. The van der Waals surface area contributed by atoms with E-state index < -0.39 is 0 Å². The minimum absolute atomic E-state index is 0.0528. The van der Waals surface area contributed by atoms with Crippen molar-refractivity contribution < 1.29 is 0 Å². The maximum absolute atomic E-state index is 5.95. The molecule has 0 radical (unpaired) electrons. The lowest BCUT2D eigenvalue weighted by Gasteiger charge is -2.07. The summed E-state index contributed by atoms with van der Waals surface area (Å²) in [6.07, 6.45) is 1.88. The monoisotopic (exact) mass is 241 g/mol. The Labute approximate surface area is 100 Å². The van der Waals surface area contributed by atoms with Gasteiger partial charge in [0.25, 0.3) is 0 Å². The van der Waals surface area contributed by atoms with E-state index in [1.807, 2.05) is 6.08 Å². The van der Waals surface area contributed by atoms with Crippen LogP contribution in [0.3, 0.4) is 0 Å². The molecule has 3 heteroatoms. The second-order valence-corrected chi connectivity index (χ2v) is 5.14. The summed E-state index contributed by atoms with van der Waals surface area (Å²) in [6, 6.07) is 5.30. The minimum Gasteiger partial charge on any atom is -0.203 e. The van der Waals surface area contributed by atoms with Crippen LogP contribution in [-0.4, -0.2) is 5.87 Å². The van der Waals surface area contributed by atoms with Crippen LogP contribution in [0, 0.1) is 5.41 Å². The van der Waals surface area contributed by atoms with Gasteiger partial charge in [0.15, 0.2) is 0 Å². The van der Waals surface area contributed by atoms with Crippen molar-refractivity contribution in [2.45, 2.75) is 20.8 Å². The summed E-state index contributed by atoms with van der Waals surface area (Å²) < 4.78 is 0. The first-order chi connectivity index (χ1) is 6.90. The molecule has 0 saturated carbocycles. The summed E-state index contributed by atoms with van der Waals surface area (Å²) >= 11 is 11.9. The fourth-order valence-corrected chi connectivity index (χ4v) is 1.37. The SMILES string of the molecule is CC(C)(C)C=C=Nc1c(Cl)cccc1Cl. The fraction of sp³-hybridized carbons (Fsp3) is 0.333. The Balaban J connectivity index is 3.05. The molecule has 1 rings (SSSR count). The van der Waals surface area contributed by atoms with E-state index in [-0.39, 0.29) is 5.41 Å². The number of nitrogens with zero attached hydrogens (tertiary/aromatic N) is 1.